The van der Waals surface area contributed by atoms with Gasteiger partial charge in [0.25, 0.3) is 5.56 Å². The van der Waals surface area contributed by atoms with Crippen LogP contribution in [0, 0.1) is 0 Å². The Labute approximate surface area is 119 Å². The smallest absolute Gasteiger partial charge is 0.323 e. The molecule has 2 heterocycles. The molecule has 108 valence electrons. The minimum atomic E-state index is -0.986. The van der Waals surface area contributed by atoms with Crippen LogP contribution in [-0.2, 0) is 11.3 Å². The Morgan fingerprint density at radius 2 is 2.20 bits per heavy atom. The lowest BCUT2D eigenvalue weighted by atomic mass is 9.93. The number of nitrogens with zero attached hydrogens (tertiary/aromatic N) is 3. The van der Waals surface area contributed by atoms with E-state index in [9.17, 15) is 14.7 Å². The van der Waals surface area contributed by atoms with E-state index in [0.717, 1.165) is 0 Å². The standard InChI is InChI=1S/C12H16N4O3S/c1-3-12(4-2,10(18)19)13-6-8-5-9(17)16-11(15-8)20-7-14-16/h5,7,13H,3-4,6H2,1-2H3,(H,18,19). The number of aromatic nitrogens is 3. The van der Waals surface area contributed by atoms with Gasteiger partial charge in [0.05, 0.1) is 5.69 Å². The highest BCUT2D eigenvalue weighted by Gasteiger charge is 2.34. The molecule has 0 aromatic carbocycles. The van der Waals surface area contributed by atoms with Gasteiger partial charge in [0, 0.05) is 12.6 Å². The molecule has 8 heteroatoms. The summed E-state index contributed by atoms with van der Waals surface area (Å²) in [4.78, 5) is 28.0. The topological polar surface area (TPSA) is 96.6 Å². The Bertz CT molecular complexity index is 675. The molecule has 0 aliphatic rings. The lowest BCUT2D eigenvalue weighted by molar-refractivity contribution is -0.145. The number of hydrogen-bond donors (Lipinski definition) is 2. The molecule has 0 radical (unpaired) electrons. The van der Waals surface area contributed by atoms with E-state index in [0.29, 0.717) is 23.5 Å². The number of aliphatic carboxylic acids is 1. The molecule has 0 bridgehead atoms. The lowest BCUT2D eigenvalue weighted by Crippen LogP contribution is -2.50. The molecule has 2 rings (SSSR count). The molecule has 2 aromatic heterocycles. The number of carboxylic acid groups (broad SMARTS) is 1. The summed E-state index contributed by atoms with van der Waals surface area (Å²) >= 11 is 1.26. The zero-order chi connectivity index (χ0) is 14.8. The number of carboxylic acids is 1. The van der Waals surface area contributed by atoms with Gasteiger partial charge >= 0.3 is 5.97 Å². The number of fused-ring (bicyclic) bond motifs is 1. The maximum absolute atomic E-state index is 11.8. The Kier molecular flexibility index (Phi) is 4.15. The predicted octanol–water partition coefficient (Wildman–Crippen LogP) is 0.884. The zero-order valence-corrected chi connectivity index (χ0v) is 12.1. The predicted molar refractivity (Wildman–Crippen MR) is 74.9 cm³/mol. The van der Waals surface area contributed by atoms with Crippen LogP contribution in [0.3, 0.4) is 0 Å². The van der Waals surface area contributed by atoms with E-state index in [1.807, 2.05) is 13.8 Å². The summed E-state index contributed by atoms with van der Waals surface area (Å²) in [6.45, 7) is 3.87. The molecule has 7 nitrogen and oxygen atoms in total. The minimum Gasteiger partial charge on any atom is -0.480 e. The fourth-order valence-electron chi connectivity index (χ4n) is 2.03. The summed E-state index contributed by atoms with van der Waals surface area (Å²) < 4.78 is 1.22. The van der Waals surface area contributed by atoms with E-state index in [2.05, 4.69) is 15.4 Å². The second-order valence-corrected chi connectivity index (χ2v) is 5.28. The van der Waals surface area contributed by atoms with Gasteiger partial charge in [-0.25, -0.2) is 4.98 Å². The van der Waals surface area contributed by atoms with Crippen LogP contribution < -0.4 is 10.9 Å². The fraction of sp³-hybridized carbons (Fsp3) is 0.500. The molecular weight excluding hydrogens is 280 g/mol. The molecule has 0 aliphatic heterocycles. The second kappa shape index (κ2) is 5.68. The van der Waals surface area contributed by atoms with Crippen molar-refractivity contribution in [2.45, 2.75) is 38.8 Å². The first-order chi connectivity index (χ1) is 9.52. The van der Waals surface area contributed by atoms with E-state index in [-0.39, 0.29) is 12.1 Å². The fourth-order valence-corrected chi connectivity index (χ4v) is 2.67. The van der Waals surface area contributed by atoms with Gasteiger partial charge in [-0.1, -0.05) is 25.2 Å². The van der Waals surface area contributed by atoms with Gasteiger partial charge in [-0.15, -0.1) is 0 Å². The van der Waals surface area contributed by atoms with Crippen molar-refractivity contribution in [1.82, 2.24) is 19.9 Å². The van der Waals surface area contributed by atoms with Crippen LogP contribution in [0.4, 0.5) is 0 Å². The molecule has 0 aliphatic carbocycles. The highest BCUT2D eigenvalue weighted by Crippen LogP contribution is 2.16. The molecule has 20 heavy (non-hydrogen) atoms. The van der Waals surface area contributed by atoms with Crippen LogP contribution in [0.5, 0.6) is 0 Å². The maximum atomic E-state index is 11.8. The highest BCUT2D eigenvalue weighted by atomic mass is 32.1. The van der Waals surface area contributed by atoms with Gasteiger partial charge in [0.2, 0.25) is 4.96 Å². The molecular formula is C12H16N4O3S. The van der Waals surface area contributed by atoms with Crippen LogP contribution in [0.15, 0.2) is 16.4 Å². The van der Waals surface area contributed by atoms with Crippen molar-refractivity contribution in [3.8, 4) is 0 Å². The van der Waals surface area contributed by atoms with Crippen molar-refractivity contribution >= 4 is 22.3 Å². The van der Waals surface area contributed by atoms with Gasteiger partial charge in [-0.2, -0.15) is 9.61 Å². The lowest BCUT2D eigenvalue weighted by Gasteiger charge is -2.27. The average Bonchev–Trinajstić information content (AvgIpc) is 2.89. The number of nitrogens with one attached hydrogen (secondary N) is 1. The van der Waals surface area contributed by atoms with Gasteiger partial charge in [0.15, 0.2) is 0 Å². The number of hydrogen-bond acceptors (Lipinski definition) is 6. The monoisotopic (exact) mass is 296 g/mol. The first-order valence-electron chi connectivity index (χ1n) is 6.33. The van der Waals surface area contributed by atoms with Crippen LogP contribution in [0.2, 0.25) is 0 Å². The van der Waals surface area contributed by atoms with E-state index >= 15 is 0 Å². The Morgan fingerprint density at radius 1 is 1.50 bits per heavy atom. The number of carbonyl (C=O) groups is 1. The highest BCUT2D eigenvalue weighted by molar-refractivity contribution is 7.14. The molecule has 2 N–H and O–H groups in total. The van der Waals surface area contributed by atoms with Crippen molar-refractivity contribution in [3.05, 3.63) is 27.6 Å². The summed E-state index contributed by atoms with van der Waals surface area (Å²) in [6, 6.07) is 1.37. The van der Waals surface area contributed by atoms with Gasteiger partial charge in [-0.05, 0) is 12.8 Å². The summed E-state index contributed by atoms with van der Waals surface area (Å²) in [7, 11) is 0. The molecule has 0 unspecified atom stereocenters. The molecule has 0 saturated carbocycles. The molecule has 0 saturated heterocycles. The van der Waals surface area contributed by atoms with Gasteiger partial charge in [-0.3, -0.25) is 14.9 Å². The summed E-state index contributed by atoms with van der Waals surface area (Å²) in [5.74, 6) is -0.891. The van der Waals surface area contributed by atoms with Crippen LogP contribution >= 0.6 is 11.3 Å². The van der Waals surface area contributed by atoms with E-state index in [1.54, 1.807) is 5.51 Å². The van der Waals surface area contributed by atoms with Crippen molar-refractivity contribution in [1.29, 1.82) is 0 Å². The third-order valence-corrected chi connectivity index (χ3v) is 4.14. The number of rotatable bonds is 6. The largest absolute Gasteiger partial charge is 0.480 e. The first kappa shape index (κ1) is 14.6. The molecule has 0 fully saturated rings. The van der Waals surface area contributed by atoms with E-state index in [1.165, 1.54) is 21.9 Å². The van der Waals surface area contributed by atoms with Crippen molar-refractivity contribution < 1.29 is 9.90 Å². The van der Waals surface area contributed by atoms with Crippen molar-refractivity contribution in [2.75, 3.05) is 0 Å². The Hall–Kier alpha value is -1.80. The van der Waals surface area contributed by atoms with Crippen LogP contribution in [-0.4, -0.2) is 31.2 Å². The second-order valence-electron chi connectivity index (χ2n) is 4.47. The third kappa shape index (κ3) is 2.56. The average molecular weight is 296 g/mol. The Morgan fingerprint density at radius 3 is 2.80 bits per heavy atom. The summed E-state index contributed by atoms with van der Waals surface area (Å²) in [5, 5.41) is 16.2. The van der Waals surface area contributed by atoms with E-state index < -0.39 is 11.5 Å². The molecule has 0 atom stereocenters. The Balaban J connectivity index is 2.24. The minimum absolute atomic E-state index is 0.234. The van der Waals surface area contributed by atoms with Gasteiger partial charge < -0.3 is 5.11 Å². The maximum Gasteiger partial charge on any atom is 0.323 e. The molecule has 2 aromatic rings. The SMILES string of the molecule is CCC(CC)(NCc1cc(=O)n2ncsc2n1)C(=O)O. The third-order valence-electron chi connectivity index (χ3n) is 3.46. The van der Waals surface area contributed by atoms with Crippen molar-refractivity contribution in [2.24, 2.45) is 0 Å². The first-order valence-corrected chi connectivity index (χ1v) is 7.21. The quantitative estimate of drug-likeness (QED) is 0.821. The van der Waals surface area contributed by atoms with Crippen molar-refractivity contribution in [3.63, 3.8) is 0 Å². The van der Waals surface area contributed by atoms with E-state index in [4.69, 9.17) is 0 Å². The summed E-state index contributed by atoms with van der Waals surface area (Å²) in [5.41, 5.74) is 0.815. The normalized spacial score (nSPS) is 11.9. The van der Waals surface area contributed by atoms with Crippen LogP contribution in [0.25, 0.3) is 4.96 Å². The zero-order valence-electron chi connectivity index (χ0n) is 11.3. The van der Waals surface area contributed by atoms with Gasteiger partial charge in [0.1, 0.15) is 11.0 Å². The summed E-state index contributed by atoms with van der Waals surface area (Å²) in [6.07, 6.45) is 0.918. The molecule has 0 spiro atoms. The van der Waals surface area contributed by atoms with Crippen LogP contribution in [0.1, 0.15) is 32.4 Å². The molecule has 0 amide bonds.